The zero-order valence-electron chi connectivity index (χ0n) is 16.4. The maximum absolute atomic E-state index is 12.5. The molecule has 0 atom stereocenters. The first-order valence-corrected chi connectivity index (χ1v) is 9.00. The minimum Gasteiger partial charge on any atom is -0.493 e. The molecule has 0 aliphatic heterocycles. The van der Waals surface area contributed by atoms with Crippen molar-refractivity contribution >= 4 is 11.6 Å². The minimum absolute atomic E-state index is 0.0456. The third-order valence-corrected chi connectivity index (χ3v) is 4.26. The van der Waals surface area contributed by atoms with E-state index < -0.39 is 0 Å². The summed E-state index contributed by atoms with van der Waals surface area (Å²) >= 11 is 0. The Morgan fingerprint density at radius 1 is 0.926 bits per heavy atom. The van der Waals surface area contributed by atoms with Crippen LogP contribution in [0.4, 0.5) is 5.69 Å². The summed E-state index contributed by atoms with van der Waals surface area (Å²) < 4.78 is 16.2. The van der Waals surface area contributed by atoms with Gasteiger partial charge in [-0.3, -0.25) is 4.79 Å². The molecule has 0 fully saturated rings. The Labute approximate surface area is 160 Å². The molecule has 0 aliphatic rings. The fourth-order valence-electron chi connectivity index (χ4n) is 2.88. The van der Waals surface area contributed by atoms with Crippen molar-refractivity contribution < 1.29 is 19.0 Å². The Hall–Kier alpha value is -2.73. The Kier molecular flexibility index (Phi) is 7.95. The number of para-hydroxylation sites is 1. The van der Waals surface area contributed by atoms with Gasteiger partial charge in [-0.2, -0.15) is 0 Å². The first-order chi connectivity index (χ1) is 13.1. The van der Waals surface area contributed by atoms with Gasteiger partial charge in [0.15, 0.2) is 11.5 Å². The molecule has 0 aromatic heterocycles. The molecule has 6 nitrogen and oxygen atoms in total. The lowest BCUT2D eigenvalue weighted by Gasteiger charge is -2.16. The summed E-state index contributed by atoms with van der Waals surface area (Å²) in [6.45, 7) is 3.65. The summed E-state index contributed by atoms with van der Waals surface area (Å²) in [6.07, 6.45) is 0.867. The van der Waals surface area contributed by atoms with Crippen molar-refractivity contribution in [2.75, 3.05) is 33.2 Å². The van der Waals surface area contributed by atoms with Gasteiger partial charge in [-0.25, -0.2) is 0 Å². The Morgan fingerprint density at radius 2 is 1.67 bits per heavy atom. The molecule has 2 aromatic rings. The fraction of sp³-hybridized carbons (Fsp3) is 0.381. The number of hydrogen-bond acceptors (Lipinski definition) is 5. The Morgan fingerprint density at radius 3 is 2.33 bits per heavy atom. The number of nitrogens with one attached hydrogen (secondary N) is 2. The van der Waals surface area contributed by atoms with Crippen molar-refractivity contribution in [3.05, 3.63) is 47.5 Å². The zero-order valence-corrected chi connectivity index (χ0v) is 16.4. The van der Waals surface area contributed by atoms with Crippen LogP contribution in [0.15, 0.2) is 36.4 Å². The molecule has 0 radical (unpaired) electrons. The predicted octanol–water partition coefficient (Wildman–Crippen LogP) is 3.39. The number of carbonyl (C=O) groups excluding carboxylic acids is 1. The van der Waals surface area contributed by atoms with Crippen molar-refractivity contribution in [1.82, 2.24) is 5.32 Å². The number of hydrogen-bond donors (Lipinski definition) is 2. The Balaban J connectivity index is 2.06. The molecular formula is C21H28N2O4. The third kappa shape index (κ3) is 5.37. The molecule has 1 amide bonds. The maximum Gasteiger partial charge on any atom is 0.224 e. The number of amides is 1. The molecule has 2 aromatic carbocycles. The lowest BCUT2D eigenvalue weighted by atomic mass is 10.1. The summed E-state index contributed by atoms with van der Waals surface area (Å²) in [5.41, 5.74) is 2.80. The van der Waals surface area contributed by atoms with Crippen LogP contribution in [0.5, 0.6) is 17.2 Å². The van der Waals surface area contributed by atoms with Crippen LogP contribution in [0.1, 0.15) is 24.5 Å². The summed E-state index contributed by atoms with van der Waals surface area (Å²) in [5, 5.41) is 6.28. The van der Waals surface area contributed by atoms with E-state index in [1.54, 1.807) is 21.3 Å². The van der Waals surface area contributed by atoms with Crippen LogP contribution >= 0.6 is 0 Å². The monoisotopic (exact) mass is 372 g/mol. The molecule has 0 heterocycles. The van der Waals surface area contributed by atoms with Gasteiger partial charge in [-0.1, -0.05) is 31.2 Å². The lowest BCUT2D eigenvalue weighted by molar-refractivity contribution is -0.116. The minimum atomic E-state index is -0.0456. The van der Waals surface area contributed by atoms with E-state index in [9.17, 15) is 4.79 Å². The van der Waals surface area contributed by atoms with E-state index in [0.717, 1.165) is 29.9 Å². The standard InChI is InChI=1S/C21H28N2O4/c1-5-22-14-16-8-6-7-9-17(16)23-19(24)13-11-15-10-12-18(25-2)21(27-4)20(15)26-3/h6-10,12,22H,5,11,13-14H2,1-4H3,(H,23,24). The smallest absolute Gasteiger partial charge is 0.224 e. The predicted molar refractivity (Wildman–Crippen MR) is 107 cm³/mol. The summed E-state index contributed by atoms with van der Waals surface area (Å²) in [4.78, 5) is 12.5. The summed E-state index contributed by atoms with van der Waals surface area (Å²) in [6, 6.07) is 11.5. The fourth-order valence-corrected chi connectivity index (χ4v) is 2.88. The van der Waals surface area contributed by atoms with E-state index in [1.807, 2.05) is 36.4 Å². The van der Waals surface area contributed by atoms with E-state index in [0.29, 0.717) is 30.1 Å². The van der Waals surface area contributed by atoms with Gasteiger partial charge in [0, 0.05) is 18.7 Å². The molecule has 2 rings (SSSR count). The van der Waals surface area contributed by atoms with E-state index in [2.05, 4.69) is 17.6 Å². The average molecular weight is 372 g/mol. The lowest BCUT2D eigenvalue weighted by Crippen LogP contribution is -2.17. The number of carbonyl (C=O) groups is 1. The summed E-state index contributed by atoms with van der Waals surface area (Å²) in [7, 11) is 4.73. The number of methoxy groups -OCH3 is 3. The van der Waals surface area contributed by atoms with Crippen molar-refractivity contribution in [3.63, 3.8) is 0 Å². The number of benzene rings is 2. The SMILES string of the molecule is CCNCc1ccccc1NC(=O)CCc1ccc(OC)c(OC)c1OC. The molecule has 0 unspecified atom stereocenters. The maximum atomic E-state index is 12.5. The average Bonchev–Trinajstić information content (AvgIpc) is 2.70. The zero-order chi connectivity index (χ0) is 19.6. The molecule has 0 bridgehead atoms. The first-order valence-electron chi connectivity index (χ1n) is 9.00. The van der Waals surface area contributed by atoms with E-state index in [-0.39, 0.29) is 5.91 Å². The largest absolute Gasteiger partial charge is 0.493 e. The molecule has 6 heteroatoms. The molecule has 0 saturated carbocycles. The van der Waals surface area contributed by atoms with Crippen LogP contribution in [-0.4, -0.2) is 33.8 Å². The van der Waals surface area contributed by atoms with Crippen molar-refractivity contribution in [1.29, 1.82) is 0 Å². The molecule has 27 heavy (non-hydrogen) atoms. The number of ether oxygens (including phenoxy) is 3. The van der Waals surface area contributed by atoms with Crippen LogP contribution in [-0.2, 0) is 17.8 Å². The highest BCUT2D eigenvalue weighted by Gasteiger charge is 2.16. The van der Waals surface area contributed by atoms with Crippen molar-refractivity contribution in [2.45, 2.75) is 26.3 Å². The first kappa shape index (κ1) is 20.6. The molecule has 146 valence electrons. The second-order valence-electron chi connectivity index (χ2n) is 5.98. The number of anilines is 1. The van der Waals surface area contributed by atoms with Crippen LogP contribution in [0.3, 0.4) is 0 Å². The van der Waals surface area contributed by atoms with Gasteiger partial charge in [0.1, 0.15) is 0 Å². The van der Waals surface area contributed by atoms with Crippen LogP contribution in [0, 0.1) is 0 Å². The van der Waals surface area contributed by atoms with Gasteiger partial charge in [0.2, 0.25) is 11.7 Å². The van der Waals surface area contributed by atoms with Gasteiger partial charge < -0.3 is 24.8 Å². The second kappa shape index (κ2) is 10.4. The molecular weight excluding hydrogens is 344 g/mol. The van der Waals surface area contributed by atoms with Gasteiger partial charge in [0.05, 0.1) is 21.3 Å². The number of aryl methyl sites for hydroxylation is 1. The molecule has 0 aliphatic carbocycles. The van der Waals surface area contributed by atoms with Crippen LogP contribution < -0.4 is 24.8 Å². The molecule has 2 N–H and O–H groups in total. The van der Waals surface area contributed by atoms with Gasteiger partial charge >= 0.3 is 0 Å². The topological polar surface area (TPSA) is 68.8 Å². The highest BCUT2D eigenvalue weighted by Crippen LogP contribution is 2.40. The molecule has 0 saturated heterocycles. The van der Waals surface area contributed by atoms with E-state index >= 15 is 0 Å². The molecule has 0 spiro atoms. The van der Waals surface area contributed by atoms with Crippen LogP contribution in [0.2, 0.25) is 0 Å². The normalized spacial score (nSPS) is 10.4. The van der Waals surface area contributed by atoms with Crippen molar-refractivity contribution in [2.24, 2.45) is 0 Å². The van der Waals surface area contributed by atoms with E-state index in [4.69, 9.17) is 14.2 Å². The van der Waals surface area contributed by atoms with Gasteiger partial charge in [-0.15, -0.1) is 0 Å². The van der Waals surface area contributed by atoms with Gasteiger partial charge in [-0.05, 0) is 36.2 Å². The summed E-state index contributed by atoms with van der Waals surface area (Å²) in [5.74, 6) is 1.68. The third-order valence-electron chi connectivity index (χ3n) is 4.26. The second-order valence-corrected chi connectivity index (χ2v) is 5.98. The van der Waals surface area contributed by atoms with Crippen LogP contribution in [0.25, 0.3) is 0 Å². The van der Waals surface area contributed by atoms with Crippen molar-refractivity contribution in [3.8, 4) is 17.2 Å². The highest BCUT2D eigenvalue weighted by atomic mass is 16.5. The quantitative estimate of drug-likeness (QED) is 0.669. The number of rotatable bonds is 10. The highest BCUT2D eigenvalue weighted by molar-refractivity contribution is 5.91. The van der Waals surface area contributed by atoms with Gasteiger partial charge in [0.25, 0.3) is 0 Å². The Bertz CT molecular complexity index is 762. The van der Waals surface area contributed by atoms with E-state index in [1.165, 1.54) is 0 Å².